The second kappa shape index (κ2) is 10.0. The van der Waals surface area contributed by atoms with Crippen LogP contribution in [0.15, 0.2) is 48.5 Å². The van der Waals surface area contributed by atoms with E-state index in [4.69, 9.17) is 0 Å². The lowest BCUT2D eigenvalue weighted by atomic mass is 9.93. The van der Waals surface area contributed by atoms with E-state index in [1.54, 1.807) is 24.3 Å². The maximum absolute atomic E-state index is 13.4. The van der Waals surface area contributed by atoms with E-state index in [9.17, 15) is 19.2 Å². The minimum Gasteiger partial charge on any atom is -0.465 e. The number of aryl methyl sites for hydroxylation is 1. The topological polar surface area (TPSA) is 108 Å². The highest BCUT2D eigenvalue weighted by molar-refractivity contribution is 6.03. The van der Waals surface area contributed by atoms with Crippen molar-refractivity contribution in [1.82, 2.24) is 15.1 Å². The first-order chi connectivity index (χ1) is 16.4. The van der Waals surface area contributed by atoms with Crippen molar-refractivity contribution in [3.05, 3.63) is 65.2 Å². The van der Waals surface area contributed by atoms with Gasteiger partial charge in [-0.3, -0.25) is 14.5 Å². The van der Waals surface area contributed by atoms with Crippen LogP contribution in [-0.2, 0) is 20.9 Å². The number of piperidine rings is 1. The average Bonchev–Trinajstić information content (AvgIpc) is 2.85. The second-order valence-electron chi connectivity index (χ2n) is 8.58. The molecule has 0 aliphatic carbocycles. The number of hydrogen-bond acceptors (Lipinski definition) is 6. The molecule has 2 atom stereocenters. The lowest BCUT2D eigenvalue weighted by Gasteiger charge is -2.46. The van der Waals surface area contributed by atoms with Crippen LogP contribution in [0.25, 0.3) is 0 Å². The number of urea groups is 1. The van der Waals surface area contributed by atoms with Crippen LogP contribution in [0.3, 0.4) is 0 Å². The molecule has 9 nitrogen and oxygen atoms in total. The number of esters is 1. The van der Waals surface area contributed by atoms with Crippen LogP contribution >= 0.6 is 0 Å². The molecule has 4 rings (SSSR count). The van der Waals surface area contributed by atoms with E-state index in [2.05, 4.69) is 15.4 Å². The molecule has 0 radical (unpaired) electrons. The molecule has 2 saturated heterocycles. The third-order valence-electron chi connectivity index (χ3n) is 6.20. The molecule has 178 valence electrons. The molecular weight excluding hydrogens is 436 g/mol. The highest BCUT2D eigenvalue weighted by Crippen LogP contribution is 2.26. The molecule has 2 N–H and O–H groups in total. The van der Waals surface area contributed by atoms with Gasteiger partial charge >= 0.3 is 12.0 Å². The molecule has 2 aromatic carbocycles. The van der Waals surface area contributed by atoms with Gasteiger partial charge in [-0.15, -0.1) is 0 Å². The SMILES string of the molecule is COC(=O)c1ccc(NC(=O)CN2C(=O)N(Cc3ccc(C)cc3)C(=O)C3NCCCC32)cc1. The summed E-state index contributed by atoms with van der Waals surface area (Å²) in [4.78, 5) is 53.7. The third-order valence-corrected chi connectivity index (χ3v) is 6.20. The summed E-state index contributed by atoms with van der Waals surface area (Å²) in [6.07, 6.45) is 1.46. The molecule has 2 heterocycles. The summed E-state index contributed by atoms with van der Waals surface area (Å²) >= 11 is 0. The zero-order chi connectivity index (χ0) is 24.2. The molecule has 4 amide bonds. The summed E-state index contributed by atoms with van der Waals surface area (Å²) in [7, 11) is 1.30. The van der Waals surface area contributed by atoms with E-state index in [1.165, 1.54) is 16.9 Å². The van der Waals surface area contributed by atoms with Crippen molar-refractivity contribution in [2.45, 2.75) is 38.4 Å². The number of carbonyl (C=O) groups excluding carboxylic acids is 4. The Balaban J connectivity index is 1.49. The molecule has 0 spiro atoms. The Morgan fingerprint density at radius 2 is 1.79 bits per heavy atom. The Bertz CT molecular complexity index is 1080. The summed E-state index contributed by atoms with van der Waals surface area (Å²) < 4.78 is 4.68. The largest absolute Gasteiger partial charge is 0.465 e. The zero-order valence-corrected chi connectivity index (χ0v) is 19.2. The average molecular weight is 465 g/mol. The predicted molar refractivity (Wildman–Crippen MR) is 125 cm³/mol. The first-order valence-electron chi connectivity index (χ1n) is 11.3. The molecule has 0 saturated carbocycles. The van der Waals surface area contributed by atoms with Crippen molar-refractivity contribution < 1.29 is 23.9 Å². The first-order valence-corrected chi connectivity index (χ1v) is 11.3. The molecule has 34 heavy (non-hydrogen) atoms. The van der Waals surface area contributed by atoms with E-state index < -0.39 is 18.0 Å². The van der Waals surface area contributed by atoms with E-state index >= 15 is 0 Å². The Hall–Kier alpha value is -3.72. The predicted octanol–water partition coefficient (Wildman–Crippen LogP) is 2.31. The minimum atomic E-state index is -0.538. The zero-order valence-electron chi connectivity index (χ0n) is 19.2. The molecule has 2 aliphatic rings. The number of nitrogens with one attached hydrogen (secondary N) is 2. The number of anilines is 1. The molecular formula is C25H28N4O5. The molecule has 2 aromatic rings. The Kier molecular flexibility index (Phi) is 6.93. The van der Waals surface area contributed by atoms with Gasteiger partial charge in [-0.2, -0.15) is 0 Å². The lowest BCUT2D eigenvalue weighted by molar-refractivity contribution is -0.138. The van der Waals surface area contributed by atoms with Crippen molar-refractivity contribution in [3.8, 4) is 0 Å². The number of imide groups is 1. The van der Waals surface area contributed by atoms with E-state index in [1.807, 2.05) is 31.2 Å². The summed E-state index contributed by atoms with van der Waals surface area (Å²) in [5.74, 6) is -1.11. The van der Waals surface area contributed by atoms with Gasteiger partial charge in [0.1, 0.15) is 12.6 Å². The standard InChI is InChI=1S/C25H28N4O5/c1-16-5-7-17(8-6-16)14-29-23(31)22-20(4-3-13-26-22)28(25(29)33)15-21(30)27-19-11-9-18(10-12-19)24(32)34-2/h5-12,20,22,26H,3-4,13-15H2,1-2H3,(H,27,30). The number of rotatable bonds is 6. The number of benzene rings is 2. The van der Waals surface area contributed by atoms with Crippen molar-refractivity contribution in [2.24, 2.45) is 0 Å². The lowest BCUT2D eigenvalue weighted by Crippen LogP contribution is -2.70. The van der Waals surface area contributed by atoms with Gasteiger partial charge in [-0.25, -0.2) is 9.59 Å². The Labute approximate surface area is 198 Å². The first kappa shape index (κ1) is 23.4. The second-order valence-corrected chi connectivity index (χ2v) is 8.58. The quantitative estimate of drug-likeness (QED) is 0.636. The van der Waals surface area contributed by atoms with E-state index in [0.717, 1.165) is 17.5 Å². The Morgan fingerprint density at radius 3 is 2.47 bits per heavy atom. The van der Waals surface area contributed by atoms with Crippen LogP contribution in [0.5, 0.6) is 0 Å². The summed E-state index contributed by atoms with van der Waals surface area (Å²) in [6, 6.07) is 12.6. The van der Waals surface area contributed by atoms with Gasteiger partial charge in [0.25, 0.3) is 0 Å². The van der Waals surface area contributed by atoms with Crippen molar-refractivity contribution in [2.75, 3.05) is 25.5 Å². The summed E-state index contributed by atoms with van der Waals surface area (Å²) in [5, 5.41) is 5.99. The van der Waals surface area contributed by atoms with Gasteiger partial charge in [0.15, 0.2) is 0 Å². The van der Waals surface area contributed by atoms with Crippen LogP contribution in [0, 0.1) is 6.92 Å². The van der Waals surface area contributed by atoms with Crippen LogP contribution in [0.1, 0.15) is 34.3 Å². The maximum atomic E-state index is 13.4. The number of carbonyl (C=O) groups is 4. The van der Waals surface area contributed by atoms with Crippen molar-refractivity contribution in [3.63, 3.8) is 0 Å². The number of amides is 4. The highest BCUT2D eigenvalue weighted by atomic mass is 16.5. The van der Waals surface area contributed by atoms with Gasteiger partial charge < -0.3 is 20.3 Å². The van der Waals surface area contributed by atoms with Gasteiger partial charge in [-0.05, 0) is 56.1 Å². The fourth-order valence-electron chi connectivity index (χ4n) is 4.39. The fourth-order valence-corrected chi connectivity index (χ4v) is 4.39. The minimum absolute atomic E-state index is 0.149. The number of fused-ring (bicyclic) bond motifs is 1. The van der Waals surface area contributed by atoms with Crippen molar-refractivity contribution in [1.29, 1.82) is 0 Å². The van der Waals surface area contributed by atoms with Gasteiger partial charge in [0, 0.05) is 5.69 Å². The summed E-state index contributed by atoms with van der Waals surface area (Å²) in [5.41, 5.74) is 2.80. The van der Waals surface area contributed by atoms with Crippen molar-refractivity contribution >= 4 is 29.5 Å². The third kappa shape index (κ3) is 4.94. The van der Waals surface area contributed by atoms with Gasteiger partial charge in [0.2, 0.25) is 11.8 Å². The number of nitrogens with zero attached hydrogens (tertiary/aromatic N) is 2. The smallest absolute Gasteiger partial charge is 0.337 e. The van der Waals surface area contributed by atoms with Gasteiger partial charge in [0.05, 0.1) is 25.3 Å². The van der Waals surface area contributed by atoms with Crippen LogP contribution in [0.4, 0.5) is 10.5 Å². The molecule has 0 bridgehead atoms. The maximum Gasteiger partial charge on any atom is 0.337 e. The van der Waals surface area contributed by atoms with Crippen LogP contribution in [-0.4, -0.2) is 65.9 Å². The summed E-state index contributed by atoms with van der Waals surface area (Å²) in [6.45, 7) is 2.63. The van der Waals surface area contributed by atoms with E-state index in [0.29, 0.717) is 24.2 Å². The molecule has 0 aromatic heterocycles. The van der Waals surface area contributed by atoms with Gasteiger partial charge in [-0.1, -0.05) is 29.8 Å². The van der Waals surface area contributed by atoms with Crippen LogP contribution < -0.4 is 10.6 Å². The normalized spacial score (nSPS) is 20.1. The molecule has 2 fully saturated rings. The fraction of sp³-hybridized carbons (Fsp3) is 0.360. The number of methoxy groups -OCH3 is 1. The number of hydrogen-bond donors (Lipinski definition) is 2. The van der Waals surface area contributed by atoms with Crippen LogP contribution in [0.2, 0.25) is 0 Å². The molecule has 9 heteroatoms. The Morgan fingerprint density at radius 1 is 1.09 bits per heavy atom. The molecule has 2 aliphatic heterocycles. The number of ether oxygens (including phenoxy) is 1. The molecule has 2 unspecified atom stereocenters. The monoisotopic (exact) mass is 464 g/mol. The van der Waals surface area contributed by atoms with E-state index in [-0.39, 0.29) is 30.9 Å². The highest BCUT2D eigenvalue weighted by Gasteiger charge is 2.47.